The van der Waals surface area contributed by atoms with Gasteiger partial charge in [0.2, 0.25) is 10.0 Å². The van der Waals surface area contributed by atoms with E-state index in [1.54, 1.807) is 10.5 Å². The first-order valence-electron chi connectivity index (χ1n) is 7.35. The van der Waals surface area contributed by atoms with E-state index in [1.165, 1.54) is 12.8 Å². The Labute approximate surface area is 121 Å². The lowest BCUT2D eigenvalue weighted by atomic mass is 10.2. The van der Waals surface area contributed by atoms with E-state index in [4.69, 9.17) is 0 Å². The molecule has 5 nitrogen and oxygen atoms in total. The standard InChI is InChI=1S/C14H23N3O2S/c1-11-5-6-17(9-11)20(18,19)14-7-13(16(2)10-14)8-15-12-3-4-12/h7,10-12,15H,3-6,8-9H2,1-2H3. The Kier molecular flexibility index (Phi) is 3.64. The summed E-state index contributed by atoms with van der Waals surface area (Å²) in [7, 11) is -1.40. The number of hydrogen-bond acceptors (Lipinski definition) is 3. The van der Waals surface area contributed by atoms with Crippen molar-refractivity contribution < 1.29 is 8.42 Å². The Morgan fingerprint density at radius 3 is 2.70 bits per heavy atom. The molecule has 112 valence electrons. The average Bonchev–Trinajstić information content (AvgIpc) is 2.99. The zero-order chi connectivity index (χ0) is 14.3. The molecule has 6 heteroatoms. The first-order valence-corrected chi connectivity index (χ1v) is 8.79. The molecule has 0 spiro atoms. The maximum absolute atomic E-state index is 12.6. The molecule has 0 amide bonds. The van der Waals surface area contributed by atoms with Crippen molar-refractivity contribution in [2.75, 3.05) is 13.1 Å². The fourth-order valence-electron chi connectivity index (χ4n) is 2.69. The van der Waals surface area contributed by atoms with Crippen LogP contribution >= 0.6 is 0 Å². The zero-order valence-electron chi connectivity index (χ0n) is 12.2. The highest BCUT2D eigenvalue weighted by molar-refractivity contribution is 7.89. The van der Waals surface area contributed by atoms with Crippen LogP contribution < -0.4 is 5.32 Å². The van der Waals surface area contributed by atoms with Crippen LogP contribution in [0.15, 0.2) is 17.2 Å². The molecule has 1 atom stereocenters. The van der Waals surface area contributed by atoms with E-state index in [0.29, 0.717) is 29.9 Å². The average molecular weight is 297 g/mol. The van der Waals surface area contributed by atoms with Crippen LogP contribution in [-0.2, 0) is 23.6 Å². The van der Waals surface area contributed by atoms with Gasteiger partial charge in [-0.15, -0.1) is 0 Å². The predicted octanol–water partition coefficient (Wildman–Crippen LogP) is 1.31. The smallest absolute Gasteiger partial charge is 0.244 e. The molecule has 1 aromatic rings. The van der Waals surface area contributed by atoms with Crippen LogP contribution in [0.4, 0.5) is 0 Å². The Bertz CT molecular complexity index is 590. The normalized spacial score (nSPS) is 24.4. The lowest BCUT2D eigenvalue weighted by Gasteiger charge is -2.14. The van der Waals surface area contributed by atoms with Crippen LogP contribution in [0.5, 0.6) is 0 Å². The van der Waals surface area contributed by atoms with Gasteiger partial charge in [-0.05, 0) is 31.2 Å². The maximum Gasteiger partial charge on any atom is 0.244 e. The molecule has 1 aromatic heterocycles. The van der Waals surface area contributed by atoms with Crippen molar-refractivity contribution >= 4 is 10.0 Å². The molecule has 3 rings (SSSR count). The SMILES string of the molecule is CC1CCN(S(=O)(=O)c2cc(CNC3CC3)n(C)c2)C1. The topological polar surface area (TPSA) is 54.3 Å². The van der Waals surface area contributed by atoms with Crippen LogP contribution in [-0.4, -0.2) is 36.4 Å². The zero-order valence-corrected chi connectivity index (χ0v) is 13.0. The molecular formula is C14H23N3O2S. The largest absolute Gasteiger partial charge is 0.352 e. The van der Waals surface area contributed by atoms with Gasteiger partial charge in [0.1, 0.15) is 4.90 Å². The van der Waals surface area contributed by atoms with E-state index in [0.717, 1.165) is 18.7 Å². The number of rotatable bonds is 5. The summed E-state index contributed by atoms with van der Waals surface area (Å²) < 4.78 is 28.7. The van der Waals surface area contributed by atoms with Gasteiger partial charge in [0.15, 0.2) is 0 Å². The number of nitrogens with one attached hydrogen (secondary N) is 1. The fourth-order valence-corrected chi connectivity index (χ4v) is 4.36. The highest BCUT2D eigenvalue weighted by Crippen LogP contribution is 2.25. The first-order chi connectivity index (χ1) is 9.46. The predicted molar refractivity (Wildman–Crippen MR) is 77.8 cm³/mol. The van der Waals surface area contributed by atoms with E-state index in [2.05, 4.69) is 12.2 Å². The minimum Gasteiger partial charge on any atom is -0.352 e. The quantitative estimate of drug-likeness (QED) is 0.891. The summed E-state index contributed by atoms with van der Waals surface area (Å²) >= 11 is 0. The summed E-state index contributed by atoms with van der Waals surface area (Å²) in [5, 5.41) is 3.43. The van der Waals surface area contributed by atoms with Crippen LogP contribution in [0, 0.1) is 5.92 Å². The minimum absolute atomic E-state index is 0.432. The number of hydrogen-bond donors (Lipinski definition) is 1. The van der Waals surface area contributed by atoms with Crippen LogP contribution in [0.2, 0.25) is 0 Å². The molecule has 2 fully saturated rings. The number of aromatic nitrogens is 1. The lowest BCUT2D eigenvalue weighted by Crippen LogP contribution is -2.28. The van der Waals surface area contributed by atoms with E-state index in [9.17, 15) is 8.42 Å². The molecule has 0 bridgehead atoms. The highest BCUT2D eigenvalue weighted by Gasteiger charge is 2.31. The molecule has 0 aromatic carbocycles. The molecule has 2 heterocycles. The van der Waals surface area contributed by atoms with E-state index < -0.39 is 10.0 Å². The van der Waals surface area contributed by atoms with Crippen molar-refractivity contribution in [3.8, 4) is 0 Å². The van der Waals surface area contributed by atoms with Gasteiger partial charge in [0.05, 0.1) is 0 Å². The Balaban J connectivity index is 1.76. The lowest BCUT2D eigenvalue weighted by molar-refractivity contribution is 0.464. The maximum atomic E-state index is 12.6. The summed E-state index contributed by atoms with van der Waals surface area (Å²) in [5.74, 6) is 0.462. The second-order valence-corrected chi connectivity index (χ2v) is 8.13. The molecule has 1 saturated carbocycles. The van der Waals surface area contributed by atoms with Crippen LogP contribution in [0.25, 0.3) is 0 Å². The van der Waals surface area contributed by atoms with Crippen LogP contribution in [0.3, 0.4) is 0 Å². The van der Waals surface area contributed by atoms with Gasteiger partial charge in [-0.3, -0.25) is 0 Å². The molecule has 1 N–H and O–H groups in total. The molecular weight excluding hydrogens is 274 g/mol. The van der Waals surface area contributed by atoms with Gasteiger partial charge in [-0.2, -0.15) is 4.31 Å². The molecule has 1 saturated heterocycles. The second-order valence-electron chi connectivity index (χ2n) is 6.19. The molecule has 2 aliphatic rings. The van der Waals surface area contributed by atoms with Crippen molar-refractivity contribution in [1.82, 2.24) is 14.2 Å². The van der Waals surface area contributed by atoms with Crippen LogP contribution in [0.1, 0.15) is 31.9 Å². The third kappa shape index (κ3) is 2.77. The van der Waals surface area contributed by atoms with Gasteiger partial charge in [-0.1, -0.05) is 6.92 Å². The Hall–Kier alpha value is -0.850. The van der Waals surface area contributed by atoms with Gasteiger partial charge in [0.25, 0.3) is 0 Å². The van der Waals surface area contributed by atoms with Gasteiger partial charge in [0, 0.05) is 44.6 Å². The minimum atomic E-state index is -3.31. The Morgan fingerprint density at radius 1 is 1.35 bits per heavy atom. The summed E-state index contributed by atoms with van der Waals surface area (Å²) in [6.07, 6.45) is 5.17. The molecule has 1 unspecified atom stereocenters. The molecule has 1 aliphatic heterocycles. The third-order valence-corrected chi connectivity index (χ3v) is 6.09. The summed E-state index contributed by atoms with van der Waals surface area (Å²) in [6.45, 7) is 4.14. The van der Waals surface area contributed by atoms with Crippen molar-refractivity contribution in [3.63, 3.8) is 0 Å². The Morgan fingerprint density at radius 2 is 2.10 bits per heavy atom. The van der Waals surface area contributed by atoms with Gasteiger partial charge >= 0.3 is 0 Å². The summed E-state index contributed by atoms with van der Waals surface area (Å²) in [5.41, 5.74) is 1.03. The number of aryl methyl sites for hydroxylation is 1. The highest BCUT2D eigenvalue weighted by atomic mass is 32.2. The van der Waals surface area contributed by atoms with Gasteiger partial charge < -0.3 is 9.88 Å². The molecule has 0 radical (unpaired) electrons. The number of sulfonamides is 1. The van der Waals surface area contributed by atoms with E-state index >= 15 is 0 Å². The van der Waals surface area contributed by atoms with Crippen molar-refractivity contribution in [1.29, 1.82) is 0 Å². The fraction of sp³-hybridized carbons (Fsp3) is 0.714. The van der Waals surface area contributed by atoms with Crippen molar-refractivity contribution in [2.24, 2.45) is 13.0 Å². The summed E-state index contributed by atoms with van der Waals surface area (Å²) in [4.78, 5) is 0.432. The number of nitrogens with zero attached hydrogens (tertiary/aromatic N) is 2. The van der Waals surface area contributed by atoms with Gasteiger partial charge in [-0.25, -0.2) is 8.42 Å². The summed E-state index contributed by atoms with van der Waals surface area (Å²) in [6, 6.07) is 2.44. The second kappa shape index (κ2) is 5.16. The monoisotopic (exact) mass is 297 g/mol. The first kappa shape index (κ1) is 14.1. The third-order valence-electron chi connectivity index (χ3n) is 4.26. The molecule has 20 heavy (non-hydrogen) atoms. The van der Waals surface area contributed by atoms with Crippen molar-refractivity contribution in [2.45, 2.75) is 43.7 Å². The van der Waals surface area contributed by atoms with E-state index in [1.807, 2.05) is 17.7 Å². The van der Waals surface area contributed by atoms with Crippen molar-refractivity contribution in [3.05, 3.63) is 18.0 Å². The van der Waals surface area contributed by atoms with E-state index in [-0.39, 0.29) is 0 Å². The molecule has 1 aliphatic carbocycles.